The van der Waals surface area contributed by atoms with Crippen LogP contribution in [0.5, 0.6) is 5.75 Å². The van der Waals surface area contributed by atoms with E-state index in [-0.39, 0.29) is 12.2 Å². The number of anilines is 1. The first-order chi connectivity index (χ1) is 11.3. The molecule has 0 saturated carbocycles. The van der Waals surface area contributed by atoms with E-state index in [9.17, 15) is 4.57 Å². The summed E-state index contributed by atoms with van der Waals surface area (Å²) in [5.41, 5.74) is 3.98. The second-order valence-corrected chi connectivity index (χ2v) is 7.94. The van der Waals surface area contributed by atoms with E-state index in [4.69, 9.17) is 13.8 Å². The normalized spacial score (nSPS) is 12.2. The predicted octanol–water partition coefficient (Wildman–Crippen LogP) is 5.08. The van der Waals surface area contributed by atoms with Crippen LogP contribution in [0.1, 0.15) is 47.5 Å². The fourth-order valence-corrected chi connectivity index (χ4v) is 4.00. The molecule has 0 fully saturated rings. The van der Waals surface area contributed by atoms with Gasteiger partial charge in [-0.05, 0) is 58.4 Å². The second kappa shape index (κ2) is 10.0. The zero-order valence-corrected chi connectivity index (χ0v) is 16.5. The quantitative estimate of drug-likeness (QED) is 0.439. The van der Waals surface area contributed by atoms with Crippen LogP contribution in [0.2, 0.25) is 0 Å². The molecule has 0 amide bonds. The number of hydrazine groups is 1. The average molecular weight is 358 g/mol. The Morgan fingerprint density at radius 2 is 1.62 bits per heavy atom. The summed E-state index contributed by atoms with van der Waals surface area (Å²) in [6, 6.07) is 7.43. The lowest BCUT2D eigenvalue weighted by atomic mass is 10.3. The molecule has 7 heteroatoms. The maximum absolute atomic E-state index is 13.4. The van der Waals surface area contributed by atoms with Crippen LogP contribution in [0.25, 0.3) is 0 Å². The zero-order valence-electron chi connectivity index (χ0n) is 15.6. The summed E-state index contributed by atoms with van der Waals surface area (Å²) in [6.45, 7) is 10.0. The van der Waals surface area contributed by atoms with E-state index in [2.05, 4.69) is 12.3 Å². The lowest BCUT2D eigenvalue weighted by Gasteiger charge is -2.33. The summed E-state index contributed by atoms with van der Waals surface area (Å²) in [6.07, 6.45) is 1.42. The molecule has 1 aromatic rings. The molecule has 0 aliphatic carbocycles. The summed E-state index contributed by atoms with van der Waals surface area (Å²) < 4.78 is 31.5. The molecule has 24 heavy (non-hydrogen) atoms. The van der Waals surface area contributed by atoms with Gasteiger partial charge in [0, 0.05) is 12.2 Å². The molecule has 0 spiro atoms. The Labute approximate surface area is 146 Å². The van der Waals surface area contributed by atoms with Crippen molar-refractivity contribution in [1.82, 2.24) is 4.78 Å². The molecule has 0 atom stereocenters. The maximum atomic E-state index is 13.4. The Kier molecular flexibility index (Phi) is 8.78. The van der Waals surface area contributed by atoms with Crippen LogP contribution in [-0.2, 0) is 13.6 Å². The van der Waals surface area contributed by atoms with Crippen LogP contribution < -0.4 is 10.2 Å². The highest BCUT2D eigenvalue weighted by molar-refractivity contribution is 7.51. The molecule has 0 unspecified atom stereocenters. The smallest absolute Gasteiger partial charge is 0.426 e. The van der Waals surface area contributed by atoms with Gasteiger partial charge < -0.3 is 10.2 Å². The number of nitrogens with one attached hydrogen (secondary N) is 1. The standard InChI is InChI=1S/C17H31N2O4P/c1-7-8-13-19(18-16-9-11-17(21-6)12-10-16)24(20,22-14(2)3)23-15(4)5/h9-12,14-15,18H,7-8,13H2,1-6H3. The highest BCUT2D eigenvalue weighted by atomic mass is 31.2. The Morgan fingerprint density at radius 1 is 1.08 bits per heavy atom. The first-order valence-corrected chi connectivity index (χ1v) is 9.95. The van der Waals surface area contributed by atoms with Gasteiger partial charge in [-0.15, -0.1) is 4.78 Å². The van der Waals surface area contributed by atoms with Crippen molar-refractivity contribution in [2.24, 2.45) is 0 Å². The molecule has 138 valence electrons. The summed E-state index contributed by atoms with van der Waals surface area (Å²) in [7, 11) is -1.84. The monoisotopic (exact) mass is 358 g/mol. The van der Waals surface area contributed by atoms with E-state index in [0.29, 0.717) is 6.54 Å². The molecule has 0 aliphatic heterocycles. The van der Waals surface area contributed by atoms with Crippen molar-refractivity contribution < 1.29 is 18.3 Å². The van der Waals surface area contributed by atoms with E-state index < -0.39 is 7.75 Å². The molecule has 0 aromatic heterocycles. The number of nitrogens with zero attached hydrogens (tertiary/aromatic N) is 1. The van der Waals surface area contributed by atoms with Gasteiger partial charge in [-0.2, -0.15) is 0 Å². The van der Waals surface area contributed by atoms with Crippen LogP contribution in [0.15, 0.2) is 24.3 Å². The molecule has 0 radical (unpaired) electrons. The van der Waals surface area contributed by atoms with Gasteiger partial charge in [-0.1, -0.05) is 13.3 Å². The van der Waals surface area contributed by atoms with Crippen molar-refractivity contribution in [2.45, 2.75) is 59.7 Å². The zero-order chi connectivity index (χ0) is 18.2. The van der Waals surface area contributed by atoms with Crippen LogP contribution >= 0.6 is 7.75 Å². The maximum Gasteiger partial charge on any atom is 0.426 e. The van der Waals surface area contributed by atoms with Crippen LogP contribution in [0, 0.1) is 0 Å². The summed E-state index contributed by atoms with van der Waals surface area (Å²) in [5, 5.41) is 0. The Hall–Kier alpha value is -1.07. The highest BCUT2D eigenvalue weighted by Gasteiger charge is 2.36. The Bertz CT molecular complexity index is 506. The number of ether oxygens (including phenoxy) is 1. The van der Waals surface area contributed by atoms with Crippen LogP contribution in [0.4, 0.5) is 5.69 Å². The third-order valence-corrected chi connectivity index (χ3v) is 5.32. The topological polar surface area (TPSA) is 60.0 Å². The minimum atomic E-state index is -3.46. The van der Waals surface area contributed by atoms with Crippen LogP contribution in [-0.4, -0.2) is 30.6 Å². The van der Waals surface area contributed by atoms with E-state index in [0.717, 1.165) is 24.3 Å². The third kappa shape index (κ3) is 6.81. The Balaban J connectivity index is 3.02. The lowest BCUT2D eigenvalue weighted by molar-refractivity contribution is 0.111. The largest absolute Gasteiger partial charge is 0.497 e. The molecule has 0 bridgehead atoms. The molecule has 1 rings (SSSR count). The van der Waals surface area contributed by atoms with Crippen molar-refractivity contribution in [1.29, 1.82) is 0 Å². The van der Waals surface area contributed by atoms with E-state index >= 15 is 0 Å². The first-order valence-electron chi connectivity index (χ1n) is 8.46. The summed E-state index contributed by atoms with van der Waals surface area (Å²) in [4.78, 5) is 0. The molecule has 6 nitrogen and oxygen atoms in total. The SMILES string of the molecule is CCCCN(Nc1ccc(OC)cc1)P(=O)(OC(C)C)OC(C)C. The van der Waals surface area contributed by atoms with Gasteiger partial charge in [0.1, 0.15) is 5.75 Å². The molecule has 1 aromatic carbocycles. The van der Waals surface area contributed by atoms with Gasteiger partial charge in [0.15, 0.2) is 0 Å². The van der Waals surface area contributed by atoms with Crippen molar-refractivity contribution in [3.05, 3.63) is 24.3 Å². The van der Waals surface area contributed by atoms with Gasteiger partial charge in [-0.25, -0.2) is 4.57 Å². The predicted molar refractivity (Wildman–Crippen MR) is 98.3 cm³/mol. The van der Waals surface area contributed by atoms with E-state index in [1.807, 2.05) is 52.0 Å². The van der Waals surface area contributed by atoms with E-state index in [1.54, 1.807) is 11.9 Å². The van der Waals surface area contributed by atoms with Crippen molar-refractivity contribution in [3.63, 3.8) is 0 Å². The van der Waals surface area contributed by atoms with Gasteiger partial charge >= 0.3 is 7.75 Å². The lowest BCUT2D eigenvalue weighted by Crippen LogP contribution is -2.32. The van der Waals surface area contributed by atoms with Gasteiger partial charge in [0.05, 0.1) is 19.3 Å². The molecule has 0 aliphatic rings. The fourth-order valence-electron chi connectivity index (χ4n) is 2.03. The van der Waals surface area contributed by atoms with Crippen LogP contribution in [0.3, 0.4) is 0 Å². The number of unbranched alkanes of at least 4 members (excludes halogenated alkanes) is 1. The van der Waals surface area contributed by atoms with Crippen molar-refractivity contribution in [3.8, 4) is 5.75 Å². The fraction of sp³-hybridized carbons (Fsp3) is 0.647. The summed E-state index contributed by atoms with van der Waals surface area (Å²) in [5.74, 6) is 0.765. The van der Waals surface area contributed by atoms with E-state index in [1.165, 1.54) is 0 Å². The minimum absolute atomic E-state index is 0.212. The Morgan fingerprint density at radius 3 is 2.04 bits per heavy atom. The molecular formula is C17H31N2O4P. The number of hydrogen-bond acceptors (Lipinski definition) is 5. The number of methoxy groups -OCH3 is 1. The van der Waals surface area contributed by atoms with Gasteiger partial charge in [0.25, 0.3) is 0 Å². The van der Waals surface area contributed by atoms with Crippen molar-refractivity contribution in [2.75, 3.05) is 19.1 Å². The highest BCUT2D eigenvalue weighted by Crippen LogP contribution is 2.54. The summed E-state index contributed by atoms with van der Waals surface area (Å²) >= 11 is 0. The van der Waals surface area contributed by atoms with Gasteiger partial charge in [-0.3, -0.25) is 9.05 Å². The first kappa shape index (κ1) is 21.0. The number of rotatable bonds is 11. The molecular weight excluding hydrogens is 327 g/mol. The van der Waals surface area contributed by atoms with Gasteiger partial charge in [0.2, 0.25) is 0 Å². The van der Waals surface area contributed by atoms with Crippen molar-refractivity contribution >= 4 is 13.4 Å². The number of hydrogen-bond donors (Lipinski definition) is 1. The average Bonchev–Trinajstić information content (AvgIpc) is 2.50. The second-order valence-electron chi connectivity index (χ2n) is 6.09. The molecule has 0 saturated heterocycles. The molecule has 0 heterocycles. The molecule has 1 N–H and O–H groups in total. The number of benzene rings is 1. The minimum Gasteiger partial charge on any atom is -0.497 e. The third-order valence-electron chi connectivity index (χ3n) is 3.06.